The van der Waals surface area contributed by atoms with Gasteiger partial charge in [-0.2, -0.15) is 0 Å². The third kappa shape index (κ3) is 2.98. The Morgan fingerprint density at radius 1 is 1.19 bits per heavy atom. The topological polar surface area (TPSA) is 38.0 Å². The molecule has 1 aliphatic rings. The summed E-state index contributed by atoms with van der Waals surface area (Å²) >= 11 is 0. The molecule has 0 amide bonds. The molecule has 0 saturated heterocycles. The average Bonchev–Trinajstić information content (AvgIpc) is 2.82. The number of hydrogen-bond acceptors (Lipinski definition) is 2. The van der Waals surface area contributed by atoms with Crippen LogP contribution in [-0.2, 0) is 0 Å². The van der Waals surface area contributed by atoms with E-state index in [1.165, 1.54) is 12.8 Å². The Bertz CT molecular complexity index is 232. The molecule has 96 valence electrons. The molecule has 16 heavy (non-hydrogen) atoms. The van der Waals surface area contributed by atoms with E-state index < -0.39 is 0 Å². The first-order valence-corrected chi connectivity index (χ1v) is 6.60. The van der Waals surface area contributed by atoms with Crippen LogP contribution in [0, 0.1) is 16.7 Å². The number of rotatable bonds is 6. The molecule has 1 fully saturated rings. The van der Waals surface area contributed by atoms with Crippen LogP contribution in [0.1, 0.15) is 54.4 Å². The van der Waals surface area contributed by atoms with Gasteiger partial charge in [0.05, 0.1) is 0 Å². The average molecular weight is 226 g/mol. The van der Waals surface area contributed by atoms with Gasteiger partial charge in [0.2, 0.25) is 0 Å². The molecule has 2 heteroatoms. The van der Waals surface area contributed by atoms with Gasteiger partial charge in [0.1, 0.15) is 0 Å². The third-order valence-corrected chi connectivity index (χ3v) is 4.91. The first kappa shape index (κ1) is 14.0. The fourth-order valence-corrected chi connectivity index (χ4v) is 1.97. The monoisotopic (exact) mass is 226 g/mol. The van der Waals surface area contributed by atoms with E-state index in [-0.39, 0.29) is 11.0 Å². The van der Waals surface area contributed by atoms with Gasteiger partial charge >= 0.3 is 0 Å². The SMILES string of the molecule is CC(C)C1(CNCC(C)(C)C(C)(C)N)CC1. The molecular weight excluding hydrogens is 196 g/mol. The van der Waals surface area contributed by atoms with E-state index in [4.69, 9.17) is 5.73 Å². The van der Waals surface area contributed by atoms with Gasteiger partial charge in [0.15, 0.2) is 0 Å². The summed E-state index contributed by atoms with van der Waals surface area (Å²) in [6.07, 6.45) is 2.79. The van der Waals surface area contributed by atoms with Gasteiger partial charge in [-0.3, -0.25) is 0 Å². The Hall–Kier alpha value is -0.0800. The van der Waals surface area contributed by atoms with Gasteiger partial charge in [0.25, 0.3) is 0 Å². The standard InChI is InChI=1S/C14H30N2/c1-11(2)14(7-8-14)10-16-9-12(3,4)13(5,6)15/h11,16H,7-10,15H2,1-6H3. The predicted octanol–water partition coefficient (Wildman–Crippen LogP) is 2.78. The molecule has 1 rings (SSSR count). The molecule has 0 radical (unpaired) electrons. The summed E-state index contributed by atoms with van der Waals surface area (Å²) in [7, 11) is 0. The molecule has 0 aromatic heterocycles. The highest BCUT2D eigenvalue weighted by atomic mass is 14.9. The molecule has 0 atom stereocenters. The lowest BCUT2D eigenvalue weighted by Crippen LogP contribution is -2.52. The van der Waals surface area contributed by atoms with Crippen molar-refractivity contribution >= 4 is 0 Å². The van der Waals surface area contributed by atoms with Crippen molar-refractivity contribution in [1.29, 1.82) is 0 Å². The van der Waals surface area contributed by atoms with Crippen LogP contribution < -0.4 is 11.1 Å². The summed E-state index contributed by atoms with van der Waals surface area (Å²) in [5.41, 5.74) is 6.80. The van der Waals surface area contributed by atoms with Crippen LogP contribution in [0.4, 0.5) is 0 Å². The van der Waals surface area contributed by atoms with Crippen molar-refractivity contribution in [3.8, 4) is 0 Å². The molecule has 0 unspecified atom stereocenters. The maximum absolute atomic E-state index is 6.20. The fourth-order valence-electron chi connectivity index (χ4n) is 1.97. The molecule has 0 bridgehead atoms. The quantitative estimate of drug-likeness (QED) is 0.731. The fraction of sp³-hybridized carbons (Fsp3) is 1.00. The molecular formula is C14H30N2. The minimum absolute atomic E-state index is 0.130. The lowest BCUT2D eigenvalue weighted by atomic mass is 9.75. The van der Waals surface area contributed by atoms with E-state index in [1.54, 1.807) is 0 Å². The van der Waals surface area contributed by atoms with Crippen molar-refractivity contribution in [2.45, 2.75) is 59.9 Å². The molecule has 0 aliphatic heterocycles. The van der Waals surface area contributed by atoms with E-state index in [1.807, 2.05) is 0 Å². The number of hydrogen-bond donors (Lipinski definition) is 2. The van der Waals surface area contributed by atoms with Crippen LogP contribution in [0.5, 0.6) is 0 Å². The Kier molecular flexibility index (Phi) is 3.76. The Morgan fingerprint density at radius 2 is 1.69 bits per heavy atom. The maximum Gasteiger partial charge on any atom is 0.0161 e. The van der Waals surface area contributed by atoms with E-state index in [0.29, 0.717) is 5.41 Å². The molecule has 0 aromatic carbocycles. The molecule has 2 nitrogen and oxygen atoms in total. The van der Waals surface area contributed by atoms with Crippen LogP contribution in [0.2, 0.25) is 0 Å². The van der Waals surface area contributed by atoms with E-state index in [2.05, 4.69) is 46.9 Å². The highest BCUT2D eigenvalue weighted by molar-refractivity contribution is 4.98. The normalized spacial score (nSPS) is 20.2. The highest BCUT2D eigenvalue weighted by Crippen LogP contribution is 2.51. The zero-order chi connectivity index (χ0) is 12.6. The molecule has 1 aliphatic carbocycles. The summed E-state index contributed by atoms with van der Waals surface area (Å²) in [5, 5.41) is 3.64. The molecule has 0 heterocycles. The minimum atomic E-state index is -0.130. The number of nitrogens with two attached hydrogens (primary N) is 1. The van der Waals surface area contributed by atoms with Crippen LogP contribution in [0.3, 0.4) is 0 Å². The van der Waals surface area contributed by atoms with Crippen LogP contribution >= 0.6 is 0 Å². The van der Waals surface area contributed by atoms with Crippen molar-refractivity contribution in [3.05, 3.63) is 0 Å². The number of nitrogens with one attached hydrogen (secondary N) is 1. The van der Waals surface area contributed by atoms with Crippen molar-refractivity contribution in [1.82, 2.24) is 5.32 Å². The van der Waals surface area contributed by atoms with Gasteiger partial charge in [-0.15, -0.1) is 0 Å². The predicted molar refractivity (Wildman–Crippen MR) is 71.4 cm³/mol. The van der Waals surface area contributed by atoms with Crippen molar-refractivity contribution < 1.29 is 0 Å². The van der Waals surface area contributed by atoms with Gasteiger partial charge < -0.3 is 11.1 Å². The smallest absolute Gasteiger partial charge is 0.0161 e. The lowest BCUT2D eigenvalue weighted by Gasteiger charge is -2.39. The minimum Gasteiger partial charge on any atom is -0.325 e. The summed E-state index contributed by atoms with van der Waals surface area (Å²) in [6, 6.07) is 0. The molecule has 1 saturated carbocycles. The lowest BCUT2D eigenvalue weighted by molar-refractivity contribution is 0.186. The van der Waals surface area contributed by atoms with Crippen LogP contribution in [0.15, 0.2) is 0 Å². The molecule has 0 aromatic rings. The van der Waals surface area contributed by atoms with Gasteiger partial charge in [-0.05, 0) is 43.4 Å². The molecule has 0 spiro atoms. The summed E-state index contributed by atoms with van der Waals surface area (Å²) in [5.74, 6) is 0.800. The van der Waals surface area contributed by atoms with E-state index >= 15 is 0 Å². The van der Waals surface area contributed by atoms with Gasteiger partial charge in [0, 0.05) is 18.6 Å². The zero-order valence-corrected chi connectivity index (χ0v) is 12.0. The molecule has 3 N–H and O–H groups in total. The second-order valence-electron chi connectivity index (χ2n) is 7.23. The van der Waals surface area contributed by atoms with Crippen molar-refractivity contribution in [2.75, 3.05) is 13.1 Å². The second kappa shape index (κ2) is 4.30. The Balaban J connectivity index is 2.36. The maximum atomic E-state index is 6.20. The summed E-state index contributed by atoms with van der Waals surface area (Å²) < 4.78 is 0. The Morgan fingerprint density at radius 3 is 2.00 bits per heavy atom. The summed E-state index contributed by atoms with van der Waals surface area (Å²) in [4.78, 5) is 0. The van der Waals surface area contributed by atoms with Gasteiger partial charge in [-0.1, -0.05) is 27.7 Å². The van der Waals surface area contributed by atoms with Crippen LogP contribution in [-0.4, -0.2) is 18.6 Å². The summed E-state index contributed by atoms with van der Waals surface area (Å²) in [6.45, 7) is 15.6. The first-order valence-electron chi connectivity index (χ1n) is 6.60. The first-order chi connectivity index (χ1) is 7.11. The van der Waals surface area contributed by atoms with E-state index in [9.17, 15) is 0 Å². The van der Waals surface area contributed by atoms with Crippen LogP contribution in [0.25, 0.3) is 0 Å². The van der Waals surface area contributed by atoms with E-state index in [0.717, 1.165) is 19.0 Å². The third-order valence-electron chi connectivity index (χ3n) is 4.91. The van der Waals surface area contributed by atoms with Crippen molar-refractivity contribution in [3.63, 3.8) is 0 Å². The Labute approximate surface area is 101 Å². The van der Waals surface area contributed by atoms with Gasteiger partial charge in [-0.25, -0.2) is 0 Å². The highest BCUT2D eigenvalue weighted by Gasteiger charge is 2.45. The largest absolute Gasteiger partial charge is 0.325 e. The van der Waals surface area contributed by atoms with Crippen molar-refractivity contribution in [2.24, 2.45) is 22.5 Å². The zero-order valence-electron chi connectivity index (χ0n) is 12.0. The second-order valence-corrected chi connectivity index (χ2v) is 7.23.